The number of nitro groups is 1. The third-order valence-electron chi connectivity index (χ3n) is 14.3. The molecule has 8 bridgehead atoms. The maximum absolute atomic E-state index is 11.7. The van der Waals surface area contributed by atoms with Crippen molar-refractivity contribution in [1.82, 2.24) is 10.6 Å². The summed E-state index contributed by atoms with van der Waals surface area (Å²) in [4.78, 5) is 11.4. The second kappa shape index (κ2) is 14.3. The van der Waals surface area contributed by atoms with E-state index in [1.807, 2.05) is 0 Å². The van der Waals surface area contributed by atoms with Gasteiger partial charge in [-0.2, -0.15) is 0 Å². The minimum Gasteiger partial charge on any atom is -0.310 e. The zero-order valence-electron chi connectivity index (χ0n) is 29.7. The summed E-state index contributed by atoms with van der Waals surface area (Å²) in [6.45, 7) is 0. The van der Waals surface area contributed by atoms with Crippen molar-refractivity contribution >= 4 is 5.69 Å². The van der Waals surface area contributed by atoms with E-state index < -0.39 is 0 Å². The van der Waals surface area contributed by atoms with Crippen molar-refractivity contribution in [3.63, 3.8) is 0 Å². The van der Waals surface area contributed by atoms with Gasteiger partial charge in [-0.25, -0.2) is 0 Å². The number of benzene rings is 4. The quantitative estimate of drug-likeness (QED) is 0.163. The van der Waals surface area contributed by atoms with E-state index in [9.17, 15) is 10.1 Å². The predicted octanol–water partition coefficient (Wildman–Crippen LogP) is 10.1. The molecule has 5 heteroatoms. The smallest absolute Gasteiger partial charge is 0.269 e. The van der Waals surface area contributed by atoms with E-state index in [0.717, 1.165) is 6.42 Å². The van der Waals surface area contributed by atoms with E-state index >= 15 is 0 Å². The molecular weight excluding hydrogens is 627 g/mol. The number of rotatable bonds is 5. The molecule has 9 rings (SSSR count). The van der Waals surface area contributed by atoms with E-state index in [-0.39, 0.29) is 10.6 Å². The third-order valence-corrected chi connectivity index (χ3v) is 14.3. The third kappa shape index (κ3) is 6.46. The minimum absolute atomic E-state index is 0.188. The average molecular weight is 680 g/mol. The van der Waals surface area contributed by atoms with Crippen LogP contribution in [-0.4, -0.2) is 29.1 Å². The Balaban J connectivity index is 1.13. The van der Waals surface area contributed by atoms with Gasteiger partial charge in [0.05, 0.1) is 4.92 Å². The highest BCUT2D eigenvalue weighted by Gasteiger charge is 2.49. The van der Waals surface area contributed by atoms with Crippen LogP contribution in [0.25, 0.3) is 0 Å². The second-order valence-electron chi connectivity index (χ2n) is 16.8. The first-order valence-electron chi connectivity index (χ1n) is 20.0. The monoisotopic (exact) mass is 679 g/mol. The number of nitrogens with one attached hydrogen (secondary N) is 2. The molecule has 5 fully saturated rings. The lowest BCUT2D eigenvalue weighted by atomic mass is 9.75. The standard InChI is InChI=1S/C46H53N3O2/c50-49(51)38-22-20-33(21-23-38)46-37-19-18-36(29-37)45(32-14-8-3-9-15-32)40-25-24-39(47-40)43(30-10-4-1-5-11-30)34-16-17-35(28-34)44(31-12-6-2-7-13-31)41-26-27-42(46)48-41/h1-15,20-23,34-37,39-48H,16-19,24-29H2. The molecular formula is C46H53N3O2. The summed E-state index contributed by atoms with van der Waals surface area (Å²) in [6.07, 6.45) is 12.4. The first kappa shape index (κ1) is 33.1. The van der Waals surface area contributed by atoms with Crippen molar-refractivity contribution in [2.45, 2.75) is 112 Å². The Kier molecular flexibility index (Phi) is 9.28. The van der Waals surface area contributed by atoms with Crippen LogP contribution in [0.5, 0.6) is 0 Å². The summed E-state index contributed by atoms with van der Waals surface area (Å²) in [6, 6.07) is 43.8. The van der Waals surface area contributed by atoms with Crippen LogP contribution < -0.4 is 10.6 Å². The van der Waals surface area contributed by atoms with Gasteiger partial charge < -0.3 is 10.6 Å². The van der Waals surface area contributed by atoms with Crippen molar-refractivity contribution in [3.8, 4) is 0 Å². The van der Waals surface area contributed by atoms with Crippen molar-refractivity contribution in [3.05, 3.63) is 148 Å². The molecule has 2 N–H and O–H groups in total. The number of hydrogen-bond donors (Lipinski definition) is 2. The van der Waals surface area contributed by atoms with Gasteiger partial charge >= 0.3 is 0 Å². The van der Waals surface area contributed by atoms with Crippen molar-refractivity contribution < 1.29 is 4.92 Å². The average Bonchev–Trinajstić information content (AvgIpc) is 4.01. The summed E-state index contributed by atoms with van der Waals surface area (Å²) in [5.41, 5.74) is 5.99. The molecule has 51 heavy (non-hydrogen) atoms. The second-order valence-corrected chi connectivity index (χ2v) is 16.8. The van der Waals surface area contributed by atoms with Crippen molar-refractivity contribution in [2.75, 3.05) is 0 Å². The molecule has 4 aromatic carbocycles. The molecule has 4 aromatic rings. The van der Waals surface area contributed by atoms with Crippen LogP contribution in [-0.2, 0) is 0 Å². The Labute approximate surface area is 303 Å². The fourth-order valence-corrected chi connectivity index (χ4v) is 12.3. The van der Waals surface area contributed by atoms with Gasteiger partial charge in [-0.15, -0.1) is 0 Å². The molecule has 3 saturated heterocycles. The van der Waals surface area contributed by atoms with Gasteiger partial charge in [-0.3, -0.25) is 10.1 Å². The minimum atomic E-state index is -0.258. The van der Waals surface area contributed by atoms with E-state index in [4.69, 9.17) is 0 Å². The first-order chi connectivity index (χ1) is 25.1. The lowest BCUT2D eigenvalue weighted by Crippen LogP contribution is -2.42. The first-order valence-corrected chi connectivity index (χ1v) is 20.0. The summed E-state index contributed by atoms with van der Waals surface area (Å²) in [5.74, 6) is 4.35. The lowest BCUT2D eigenvalue weighted by molar-refractivity contribution is -0.384. The van der Waals surface area contributed by atoms with Gasteiger partial charge in [0.2, 0.25) is 0 Å². The number of nitrogens with zero attached hydrogens (tertiary/aromatic N) is 1. The Bertz CT molecular complexity index is 1680. The van der Waals surface area contributed by atoms with E-state index in [0.29, 0.717) is 71.5 Å². The van der Waals surface area contributed by atoms with Crippen molar-refractivity contribution in [2.24, 2.45) is 23.7 Å². The van der Waals surface area contributed by atoms with Gasteiger partial charge in [0.15, 0.2) is 0 Å². The SMILES string of the molecule is O=[N+]([O-])c1ccc(C2C3CCC(C3)C(c3ccccc3)C3CCC(N3)C(c3ccccc3)C3CCC(C3)C(c3ccccc3)C3CCC2N3)cc1. The van der Waals surface area contributed by atoms with Crippen LogP contribution in [0.15, 0.2) is 115 Å². The number of non-ortho nitro benzene ring substituents is 1. The number of fused-ring (bicyclic) bond motifs is 8. The molecule has 2 saturated carbocycles. The highest BCUT2D eigenvalue weighted by molar-refractivity contribution is 5.36. The maximum atomic E-state index is 11.7. The molecule has 0 radical (unpaired) electrons. The Morgan fingerprint density at radius 1 is 0.412 bits per heavy atom. The highest BCUT2D eigenvalue weighted by Crippen LogP contribution is 2.54. The normalized spacial score (nSPS) is 36.2. The summed E-state index contributed by atoms with van der Waals surface area (Å²) >= 11 is 0. The van der Waals surface area contributed by atoms with Crippen molar-refractivity contribution in [1.29, 1.82) is 0 Å². The van der Waals surface area contributed by atoms with E-state index in [1.54, 1.807) is 12.1 Å². The van der Waals surface area contributed by atoms with Gasteiger partial charge in [0.1, 0.15) is 0 Å². The molecule has 0 amide bonds. The molecule has 12 unspecified atom stereocenters. The molecule has 5 nitrogen and oxygen atoms in total. The molecule has 0 aromatic heterocycles. The topological polar surface area (TPSA) is 67.2 Å². The Morgan fingerprint density at radius 2 is 0.706 bits per heavy atom. The molecule has 12 atom stereocenters. The summed E-state index contributed by atoms with van der Waals surface area (Å²) in [5, 5.41) is 20.4. The number of hydrogen-bond acceptors (Lipinski definition) is 4. The zero-order valence-corrected chi connectivity index (χ0v) is 29.7. The van der Waals surface area contributed by atoms with Gasteiger partial charge in [-0.1, -0.05) is 103 Å². The summed E-state index contributed by atoms with van der Waals surface area (Å²) in [7, 11) is 0. The predicted molar refractivity (Wildman–Crippen MR) is 205 cm³/mol. The zero-order chi connectivity index (χ0) is 34.3. The Hall–Kier alpha value is -3.80. The van der Waals surface area contributed by atoms with E-state index in [1.165, 1.54) is 80.0 Å². The van der Waals surface area contributed by atoms with Gasteiger partial charge in [0, 0.05) is 60.0 Å². The van der Waals surface area contributed by atoms with Crippen LogP contribution in [0.1, 0.15) is 110 Å². The van der Waals surface area contributed by atoms with Crippen LogP contribution in [0, 0.1) is 33.8 Å². The Morgan fingerprint density at radius 3 is 1.00 bits per heavy atom. The van der Waals surface area contributed by atoms with Crippen LogP contribution in [0.4, 0.5) is 5.69 Å². The van der Waals surface area contributed by atoms with E-state index in [2.05, 4.69) is 114 Å². The molecule has 0 spiro atoms. The fourth-order valence-electron chi connectivity index (χ4n) is 12.3. The largest absolute Gasteiger partial charge is 0.310 e. The van der Waals surface area contributed by atoms with Crippen LogP contribution in [0.2, 0.25) is 0 Å². The maximum Gasteiger partial charge on any atom is 0.269 e. The molecule has 264 valence electrons. The van der Waals surface area contributed by atoms with Gasteiger partial charge in [-0.05, 0) is 110 Å². The fraction of sp³-hybridized carbons (Fsp3) is 0.478. The lowest BCUT2D eigenvalue weighted by Gasteiger charge is -2.37. The van der Waals surface area contributed by atoms with Crippen LogP contribution in [0.3, 0.4) is 0 Å². The molecule has 2 aliphatic carbocycles. The van der Waals surface area contributed by atoms with Gasteiger partial charge in [0.25, 0.3) is 5.69 Å². The molecule has 5 aliphatic rings. The number of nitro benzene ring substituents is 1. The molecule has 3 aliphatic heterocycles. The van der Waals surface area contributed by atoms with Crippen LogP contribution >= 0.6 is 0 Å². The summed E-state index contributed by atoms with van der Waals surface area (Å²) < 4.78 is 0. The highest BCUT2D eigenvalue weighted by atomic mass is 16.6. The molecule has 3 heterocycles.